The maximum absolute atomic E-state index is 10.8. The van der Waals surface area contributed by atoms with Crippen LogP contribution in [-0.4, -0.2) is 29.9 Å². The first-order valence-corrected chi connectivity index (χ1v) is 11.5. The largest absolute Gasteiger partial charge is 0.497 e. The summed E-state index contributed by atoms with van der Waals surface area (Å²) in [6.07, 6.45) is 0. The molecule has 0 atom stereocenters. The summed E-state index contributed by atoms with van der Waals surface area (Å²) in [6.45, 7) is 1.81. The number of aryl methyl sites for hydroxylation is 1. The predicted octanol–water partition coefficient (Wildman–Crippen LogP) is 5.87. The van der Waals surface area contributed by atoms with E-state index in [2.05, 4.69) is 18.2 Å². The van der Waals surface area contributed by atoms with Gasteiger partial charge in [-0.05, 0) is 94.4 Å². The number of carbonyl (C=O) groups is 1. The average molecular weight is 485 g/mol. The molecule has 0 aliphatic heterocycles. The molecule has 0 aliphatic carbocycles. The number of hydrogen-bond donors (Lipinski definition) is 2. The van der Waals surface area contributed by atoms with Gasteiger partial charge in [0.1, 0.15) is 23.9 Å². The Bertz CT molecular complexity index is 1260. The molecule has 0 radical (unpaired) electrons. The van der Waals surface area contributed by atoms with E-state index in [-0.39, 0.29) is 13.2 Å². The first-order chi connectivity index (χ1) is 17.4. The highest BCUT2D eigenvalue weighted by molar-refractivity contribution is 5.74. The molecule has 2 N–H and O–H groups in total. The van der Waals surface area contributed by atoms with Gasteiger partial charge in [0.2, 0.25) is 0 Å². The maximum Gasteiger partial charge on any atom is 0.341 e. The second-order valence-corrected chi connectivity index (χ2v) is 8.40. The fourth-order valence-electron chi connectivity index (χ4n) is 3.87. The number of carboxylic acid groups (broad SMARTS) is 1. The molecule has 184 valence electrons. The zero-order valence-corrected chi connectivity index (χ0v) is 20.2. The average Bonchev–Trinajstić information content (AvgIpc) is 2.91. The molecule has 0 amide bonds. The zero-order valence-electron chi connectivity index (χ0n) is 20.2. The van der Waals surface area contributed by atoms with Gasteiger partial charge in [-0.15, -0.1) is 0 Å². The van der Waals surface area contributed by atoms with Crippen LogP contribution in [0.2, 0.25) is 0 Å². The van der Waals surface area contributed by atoms with Gasteiger partial charge in [0.25, 0.3) is 0 Å². The second kappa shape index (κ2) is 11.4. The van der Waals surface area contributed by atoms with Crippen LogP contribution in [0.4, 0.5) is 0 Å². The highest BCUT2D eigenvalue weighted by Crippen LogP contribution is 2.31. The van der Waals surface area contributed by atoms with Crippen molar-refractivity contribution >= 4 is 5.97 Å². The molecule has 0 bridgehead atoms. The van der Waals surface area contributed by atoms with Crippen molar-refractivity contribution in [2.75, 3.05) is 13.7 Å². The molecule has 4 aromatic carbocycles. The number of benzene rings is 4. The van der Waals surface area contributed by atoms with Crippen molar-refractivity contribution in [1.82, 2.24) is 0 Å². The van der Waals surface area contributed by atoms with Crippen molar-refractivity contribution in [1.29, 1.82) is 0 Å². The third kappa shape index (κ3) is 6.23. The molecule has 0 heterocycles. The fourth-order valence-corrected chi connectivity index (χ4v) is 3.87. The van der Waals surface area contributed by atoms with Crippen LogP contribution in [0.5, 0.6) is 17.2 Å². The molecule has 0 aromatic heterocycles. The van der Waals surface area contributed by atoms with Crippen LogP contribution in [0.25, 0.3) is 22.3 Å². The van der Waals surface area contributed by atoms with Crippen LogP contribution in [0, 0.1) is 6.92 Å². The van der Waals surface area contributed by atoms with Crippen LogP contribution in [0.1, 0.15) is 16.7 Å². The van der Waals surface area contributed by atoms with Gasteiger partial charge in [-0.2, -0.15) is 0 Å². The Hall–Kier alpha value is -4.29. The van der Waals surface area contributed by atoms with Gasteiger partial charge in [0, 0.05) is 0 Å². The van der Waals surface area contributed by atoms with E-state index in [1.807, 2.05) is 61.5 Å². The van der Waals surface area contributed by atoms with Crippen molar-refractivity contribution in [3.63, 3.8) is 0 Å². The van der Waals surface area contributed by atoms with Gasteiger partial charge in [-0.25, -0.2) is 4.79 Å². The quantitative estimate of drug-likeness (QED) is 0.293. The van der Waals surface area contributed by atoms with Crippen LogP contribution in [0.3, 0.4) is 0 Å². The van der Waals surface area contributed by atoms with E-state index in [1.165, 1.54) is 0 Å². The van der Waals surface area contributed by atoms with Crippen molar-refractivity contribution < 1.29 is 29.2 Å². The third-order valence-corrected chi connectivity index (χ3v) is 5.79. The summed E-state index contributed by atoms with van der Waals surface area (Å²) in [7, 11) is 1.65. The molecule has 0 saturated carbocycles. The molecule has 0 fully saturated rings. The molecule has 4 aromatic rings. The topological polar surface area (TPSA) is 85.2 Å². The molecular weight excluding hydrogens is 456 g/mol. The van der Waals surface area contributed by atoms with Gasteiger partial charge >= 0.3 is 5.97 Å². The van der Waals surface area contributed by atoms with Crippen molar-refractivity contribution in [2.24, 2.45) is 0 Å². The van der Waals surface area contributed by atoms with E-state index in [1.54, 1.807) is 19.2 Å². The Morgan fingerprint density at radius 3 is 1.89 bits per heavy atom. The normalized spacial score (nSPS) is 10.6. The number of ether oxygens (including phenoxy) is 3. The fraction of sp³-hybridized carbons (Fsp3) is 0.167. The molecule has 4 rings (SSSR count). The Morgan fingerprint density at radius 2 is 1.33 bits per heavy atom. The third-order valence-electron chi connectivity index (χ3n) is 5.79. The molecule has 0 aliphatic rings. The summed E-state index contributed by atoms with van der Waals surface area (Å²) in [5, 5.41) is 18.2. The Kier molecular flexibility index (Phi) is 7.88. The number of rotatable bonds is 10. The van der Waals surface area contributed by atoms with Crippen molar-refractivity contribution in [3.05, 3.63) is 102 Å². The summed E-state index contributed by atoms with van der Waals surface area (Å²) < 4.78 is 16.7. The molecule has 0 unspecified atom stereocenters. The van der Waals surface area contributed by atoms with Crippen LogP contribution < -0.4 is 14.2 Å². The minimum atomic E-state index is -1.02. The van der Waals surface area contributed by atoms with E-state index in [0.29, 0.717) is 18.1 Å². The van der Waals surface area contributed by atoms with E-state index >= 15 is 0 Å². The lowest BCUT2D eigenvalue weighted by atomic mass is 9.96. The number of aliphatic carboxylic acids is 1. The summed E-state index contributed by atoms with van der Waals surface area (Å²) in [5.74, 6) is 0.955. The van der Waals surface area contributed by atoms with Crippen molar-refractivity contribution in [3.8, 4) is 39.5 Å². The highest BCUT2D eigenvalue weighted by atomic mass is 16.5. The lowest BCUT2D eigenvalue weighted by Gasteiger charge is -2.14. The van der Waals surface area contributed by atoms with E-state index in [0.717, 1.165) is 44.7 Å². The van der Waals surface area contributed by atoms with Gasteiger partial charge in [-0.3, -0.25) is 0 Å². The summed E-state index contributed by atoms with van der Waals surface area (Å²) in [5.41, 5.74) is 6.84. The minimum Gasteiger partial charge on any atom is -0.497 e. The summed E-state index contributed by atoms with van der Waals surface area (Å²) >= 11 is 0. The Balaban J connectivity index is 1.61. The van der Waals surface area contributed by atoms with E-state index in [9.17, 15) is 9.90 Å². The van der Waals surface area contributed by atoms with Crippen LogP contribution >= 0.6 is 0 Å². The number of aliphatic hydroxyl groups excluding tert-OH is 1. The Morgan fingerprint density at radius 1 is 0.722 bits per heavy atom. The summed E-state index contributed by atoms with van der Waals surface area (Å²) in [6, 6.07) is 27.4. The highest BCUT2D eigenvalue weighted by Gasteiger charge is 2.09. The molecule has 6 nitrogen and oxygen atoms in total. The molecule has 0 spiro atoms. The van der Waals surface area contributed by atoms with Gasteiger partial charge < -0.3 is 24.4 Å². The molecular formula is C30H28O6. The Labute approximate surface area is 210 Å². The first kappa shape index (κ1) is 24.8. The van der Waals surface area contributed by atoms with E-state index < -0.39 is 5.97 Å². The maximum atomic E-state index is 10.8. The molecule has 0 saturated heterocycles. The molecule has 6 heteroatoms. The lowest BCUT2D eigenvalue weighted by molar-refractivity contribution is -0.139. The first-order valence-electron chi connectivity index (χ1n) is 11.5. The number of aliphatic hydroxyl groups is 1. The van der Waals surface area contributed by atoms with Gasteiger partial charge in [0.15, 0.2) is 6.61 Å². The smallest absolute Gasteiger partial charge is 0.341 e. The zero-order chi connectivity index (χ0) is 25.5. The standard InChI is InChI=1S/C30H28O6/c1-20-13-28(11-12-29(20)36-19-30(32)33)35-18-22-14-25(23-5-3-21(17-31)4-6-23)16-26(15-22)24-7-9-27(34-2)10-8-24/h3-16,31H,17-19H2,1-2H3,(H,32,33). The summed E-state index contributed by atoms with van der Waals surface area (Å²) in [4.78, 5) is 10.8. The number of methoxy groups -OCH3 is 1. The lowest BCUT2D eigenvalue weighted by Crippen LogP contribution is -2.10. The number of carboxylic acids is 1. The van der Waals surface area contributed by atoms with E-state index in [4.69, 9.17) is 19.3 Å². The monoisotopic (exact) mass is 484 g/mol. The predicted molar refractivity (Wildman–Crippen MR) is 138 cm³/mol. The minimum absolute atomic E-state index is 0.00477. The van der Waals surface area contributed by atoms with Crippen LogP contribution in [0.15, 0.2) is 84.9 Å². The SMILES string of the molecule is COc1ccc(-c2cc(COc3ccc(OCC(=O)O)c(C)c3)cc(-c3ccc(CO)cc3)c2)cc1. The van der Waals surface area contributed by atoms with Crippen molar-refractivity contribution in [2.45, 2.75) is 20.1 Å². The van der Waals surface area contributed by atoms with Gasteiger partial charge in [-0.1, -0.05) is 36.4 Å². The van der Waals surface area contributed by atoms with Crippen LogP contribution in [-0.2, 0) is 18.0 Å². The van der Waals surface area contributed by atoms with Gasteiger partial charge in [0.05, 0.1) is 13.7 Å². The second-order valence-electron chi connectivity index (χ2n) is 8.40. The number of hydrogen-bond acceptors (Lipinski definition) is 5. The molecule has 36 heavy (non-hydrogen) atoms.